The summed E-state index contributed by atoms with van der Waals surface area (Å²) in [5.74, 6) is 0.692. The highest BCUT2D eigenvalue weighted by Crippen LogP contribution is 2.26. The molecule has 0 bridgehead atoms. The van der Waals surface area contributed by atoms with Crippen molar-refractivity contribution in [1.82, 2.24) is 25.3 Å². The van der Waals surface area contributed by atoms with Crippen molar-refractivity contribution in [3.8, 4) is 17.5 Å². The van der Waals surface area contributed by atoms with E-state index in [-0.39, 0.29) is 17.9 Å². The Morgan fingerprint density at radius 1 is 1.10 bits per heavy atom. The summed E-state index contributed by atoms with van der Waals surface area (Å²) in [4.78, 5) is 16.1. The molecule has 1 aliphatic rings. The van der Waals surface area contributed by atoms with Crippen LogP contribution in [0, 0.1) is 0 Å². The summed E-state index contributed by atoms with van der Waals surface area (Å²) in [7, 11) is 0. The Labute approximate surface area is 181 Å². The van der Waals surface area contributed by atoms with Crippen LogP contribution in [0.2, 0.25) is 5.02 Å². The first kappa shape index (κ1) is 21.3. The van der Waals surface area contributed by atoms with E-state index in [1.165, 1.54) is 12.4 Å². The molecule has 8 nitrogen and oxygen atoms in total. The summed E-state index contributed by atoms with van der Waals surface area (Å²) in [6, 6.07) is 5.80. The van der Waals surface area contributed by atoms with Gasteiger partial charge in [0.05, 0.1) is 37.5 Å². The predicted molar refractivity (Wildman–Crippen MR) is 107 cm³/mol. The van der Waals surface area contributed by atoms with E-state index in [4.69, 9.17) is 21.1 Å². The standard InChI is InChI=1S/C20H18ClF2N5O3/c21-16-5-13(17-11-24-3-4-29-17)2-1-12(16)6-18-25-7-15(8-26-18)31-20-27-9-14(10-28-20)30-19(22)23/h1-2,5,7-10,17,19,24H,3-4,6,11H2/t17-/m0/s1. The van der Waals surface area contributed by atoms with Gasteiger partial charge in [0, 0.05) is 24.5 Å². The zero-order valence-electron chi connectivity index (χ0n) is 16.2. The van der Waals surface area contributed by atoms with E-state index in [0.29, 0.717) is 29.6 Å². The third-order valence-corrected chi connectivity index (χ3v) is 4.80. The zero-order chi connectivity index (χ0) is 21.6. The van der Waals surface area contributed by atoms with Crippen LogP contribution in [0.25, 0.3) is 0 Å². The number of hydrogen-bond acceptors (Lipinski definition) is 8. The summed E-state index contributed by atoms with van der Waals surface area (Å²) in [5.41, 5.74) is 1.91. The van der Waals surface area contributed by atoms with Gasteiger partial charge in [-0.2, -0.15) is 18.7 Å². The van der Waals surface area contributed by atoms with Crippen LogP contribution in [0.4, 0.5) is 8.78 Å². The Morgan fingerprint density at radius 2 is 1.84 bits per heavy atom. The van der Waals surface area contributed by atoms with Gasteiger partial charge in [-0.05, 0) is 17.2 Å². The second-order valence-corrected chi connectivity index (χ2v) is 7.02. The summed E-state index contributed by atoms with van der Waals surface area (Å²) < 4.78 is 39.6. The van der Waals surface area contributed by atoms with Crippen molar-refractivity contribution in [1.29, 1.82) is 0 Å². The number of benzene rings is 1. The molecule has 0 unspecified atom stereocenters. The van der Waals surface area contributed by atoms with Crippen molar-refractivity contribution in [2.24, 2.45) is 0 Å². The fourth-order valence-electron chi connectivity index (χ4n) is 2.97. The van der Waals surface area contributed by atoms with Gasteiger partial charge in [0.25, 0.3) is 0 Å². The molecule has 0 saturated carbocycles. The van der Waals surface area contributed by atoms with E-state index < -0.39 is 6.61 Å². The third-order valence-electron chi connectivity index (χ3n) is 4.45. The number of hydrogen-bond donors (Lipinski definition) is 1. The van der Waals surface area contributed by atoms with Gasteiger partial charge in [-0.1, -0.05) is 23.7 Å². The van der Waals surface area contributed by atoms with Crippen LogP contribution >= 0.6 is 11.6 Å². The van der Waals surface area contributed by atoms with Crippen LogP contribution < -0.4 is 14.8 Å². The van der Waals surface area contributed by atoms with Crippen molar-refractivity contribution >= 4 is 11.6 Å². The highest BCUT2D eigenvalue weighted by atomic mass is 35.5. The van der Waals surface area contributed by atoms with E-state index >= 15 is 0 Å². The minimum absolute atomic E-state index is 0.00815. The fourth-order valence-corrected chi connectivity index (χ4v) is 3.23. The molecule has 3 aromatic rings. The first-order valence-electron chi connectivity index (χ1n) is 9.43. The monoisotopic (exact) mass is 449 g/mol. The van der Waals surface area contributed by atoms with E-state index in [9.17, 15) is 8.78 Å². The van der Waals surface area contributed by atoms with Gasteiger partial charge in [-0.25, -0.2) is 9.97 Å². The molecule has 11 heteroatoms. The molecule has 0 amide bonds. The number of alkyl halides is 2. The minimum atomic E-state index is -2.95. The first-order valence-corrected chi connectivity index (χ1v) is 9.81. The summed E-state index contributed by atoms with van der Waals surface area (Å²) in [6.45, 7) is -0.667. The molecule has 1 aromatic carbocycles. The molecule has 162 valence electrons. The lowest BCUT2D eigenvalue weighted by molar-refractivity contribution is -0.0503. The van der Waals surface area contributed by atoms with Gasteiger partial charge in [0.15, 0.2) is 11.5 Å². The van der Waals surface area contributed by atoms with Crippen LogP contribution in [0.15, 0.2) is 43.0 Å². The van der Waals surface area contributed by atoms with Crippen LogP contribution in [0.3, 0.4) is 0 Å². The van der Waals surface area contributed by atoms with Gasteiger partial charge in [-0.3, -0.25) is 0 Å². The maximum atomic E-state index is 12.2. The van der Waals surface area contributed by atoms with Gasteiger partial charge >= 0.3 is 12.6 Å². The van der Waals surface area contributed by atoms with Crippen molar-refractivity contribution in [3.05, 3.63) is 65.0 Å². The Morgan fingerprint density at radius 3 is 2.48 bits per heavy atom. The first-order chi connectivity index (χ1) is 15.1. The van der Waals surface area contributed by atoms with Crippen LogP contribution in [0.5, 0.6) is 17.5 Å². The van der Waals surface area contributed by atoms with Crippen molar-refractivity contribution in [3.63, 3.8) is 0 Å². The Kier molecular flexibility index (Phi) is 6.80. The molecule has 0 aliphatic carbocycles. The normalized spacial score (nSPS) is 16.3. The van der Waals surface area contributed by atoms with Gasteiger partial charge in [0.1, 0.15) is 5.82 Å². The predicted octanol–water partition coefficient (Wildman–Crippen LogP) is 3.57. The smallest absolute Gasteiger partial charge is 0.387 e. The lowest BCUT2D eigenvalue weighted by Gasteiger charge is -2.24. The Balaban J connectivity index is 1.37. The number of nitrogens with one attached hydrogen (secondary N) is 1. The van der Waals surface area contributed by atoms with Gasteiger partial charge in [-0.15, -0.1) is 0 Å². The fraction of sp³-hybridized carbons (Fsp3) is 0.300. The second kappa shape index (κ2) is 9.90. The molecule has 3 heterocycles. The van der Waals surface area contributed by atoms with E-state index in [1.807, 2.05) is 18.2 Å². The summed E-state index contributed by atoms with van der Waals surface area (Å²) in [6.07, 6.45) is 5.55. The number of aromatic nitrogens is 4. The number of halogens is 3. The van der Waals surface area contributed by atoms with Crippen LogP contribution in [0.1, 0.15) is 23.1 Å². The number of rotatable bonds is 7. The molecule has 4 rings (SSSR count). The number of morpholine rings is 1. The molecule has 31 heavy (non-hydrogen) atoms. The van der Waals surface area contributed by atoms with Crippen LogP contribution in [-0.4, -0.2) is 46.2 Å². The lowest BCUT2D eigenvalue weighted by atomic mass is 10.0. The highest BCUT2D eigenvalue weighted by molar-refractivity contribution is 6.31. The molecule has 0 spiro atoms. The van der Waals surface area contributed by atoms with Gasteiger partial charge < -0.3 is 19.5 Å². The molecule has 1 N–H and O–H groups in total. The minimum Gasteiger partial charge on any atom is -0.432 e. The van der Waals surface area contributed by atoms with Crippen molar-refractivity contribution < 1.29 is 23.0 Å². The SMILES string of the molecule is FC(F)Oc1cnc(Oc2cnc(Cc3ccc([C@@H]4CNCCO4)cc3Cl)nc2)nc1. The molecule has 1 fully saturated rings. The van der Waals surface area contributed by atoms with Crippen LogP contribution in [-0.2, 0) is 11.2 Å². The average Bonchev–Trinajstić information content (AvgIpc) is 2.78. The molecular weight excluding hydrogens is 432 g/mol. The maximum absolute atomic E-state index is 12.2. The largest absolute Gasteiger partial charge is 0.432 e. The maximum Gasteiger partial charge on any atom is 0.387 e. The topological polar surface area (TPSA) is 91.3 Å². The number of nitrogens with zero attached hydrogens (tertiary/aromatic N) is 4. The highest BCUT2D eigenvalue weighted by Gasteiger charge is 2.17. The third kappa shape index (κ3) is 5.81. The average molecular weight is 450 g/mol. The summed E-state index contributed by atoms with van der Waals surface area (Å²) >= 11 is 6.45. The zero-order valence-corrected chi connectivity index (χ0v) is 16.9. The van der Waals surface area contributed by atoms with Crippen molar-refractivity contribution in [2.75, 3.05) is 19.7 Å². The van der Waals surface area contributed by atoms with Gasteiger partial charge in [0.2, 0.25) is 0 Å². The molecular formula is C20H18ClF2N5O3. The Bertz CT molecular complexity index is 1000. The number of ether oxygens (including phenoxy) is 3. The molecule has 1 atom stereocenters. The molecule has 1 saturated heterocycles. The Hall–Kier alpha value is -2.95. The van der Waals surface area contributed by atoms with Crippen molar-refractivity contribution in [2.45, 2.75) is 19.1 Å². The van der Waals surface area contributed by atoms with E-state index in [0.717, 1.165) is 36.6 Å². The lowest BCUT2D eigenvalue weighted by Crippen LogP contribution is -2.33. The van der Waals surface area contributed by atoms with E-state index in [2.05, 4.69) is 30.0 Å². The molecule has 2 aromatic heterocycles. The second-order valence-electron chi connectivity index (χ2n) is 6.61. The summed E-state index contributed by atoms with van der Waals surface area (Å²) in [5, 5.41) is 3.92. The molecule has 1 aliphatic heterocycles. The van der Waals surface area contributed by atoms with E-state index in [1.54, 1.807) is 0 Å². The molecule has 0 radical (unpaired) electrons. The quantitative estimate of drug-likeness (QED) is 0.585.